The number of ether oxygens (including phenoxy) is 1. The summed E-state index contributed by atoms with van der Waals surface area (Å²) in [6.07, 6.45) is -4.66. The second kappa shape index (κ2) is 6.56. The summed E-state index contributed by atoms with van der Waals surface area (Å²) in [4.78, 5) is 26.8. The maximum absolute atomic E-state index is 12.9. The fraction of sp³-hybridized carbons (Fsp3) is 0.158. The number of halogens is 4. The second-order valence-corrected chi connectivity index (χ2v) is 6.51. The van der Waals surface area contributed by atoms with E-state index in [1.807, 2.05) is 0 Å². The molecule has 0 bridgehead atoms. The van der Waals surface area contributed by atoms with Crippen molar-refractivity contribution in [1.82, 2.24) is 0 Å². The Kier molecular flexibility index (Phi) is 4.30. The quantitative estimate of drug-likeness (QED) is 0.623. The van der Waals surface area contributed by atoms with Crippen LogP contribution in [0.4, 0.5) is 18.9 Å². The molecular weight excluding hydrogens is 399 g/mol. The van der Waals surface area contributed by atoms with Gasteiger partial charge in [-0.25, -0.2) is 0 Å². The highest BCUT2D eigenvalue weighted by atomic mass is 35.5. The molecule has 3 aromatic rings. The maximum atomic E-state index is 12.9. The van der Waals surface area contributed by atoms with E-state index in [1.54, 1.807) is 12.1 Å². The van der Waals surface area contributed by atoms with E-state index in [0.29, 0.717) is 0 Å². The fourth-order valence-electron chi connectivity index (χ4n) is 3.16. The summed E-state index contributed by atoms with van der Waals surface area (Å²) >= 11 is 6.07. The summed E-state index contributed by atoms with van der Waals surface area (Å²) < 4.78 is 46.9. The van der Waals surface area contributed by atoms with Gasteiger partial charge in [-0.2, -0.15) is 0 Å². The van der Waals surface area contributed by atoms with Crippen LogP contribution >= 0.6 is 11.6 Å². The minimum Gasteiger partial charge on any atom is -0.449 e. The Hall–Kier alpha value is -3.00. The first kappa shape index (κ1) is 18.4. The Morgan fingerprint density at radius 1 is 1.11 bits per heavy atom. The number of anilines is 1. The van der Waals surface area contributed by atoms with Crippen molar-refractivity contribution in [2.45, 2.75) is 12.8 Å². The van der Waals surface area contributed by atoms with Gasteiger partial charge in [-0.15, -0.1) is 13.2 Å². The minimum atomic E-state index is -4.85. The molecule has 0 saturated carbocycles. The molecule has 0 radical (unpaired) electrons. The van der Waals surface area contributed by atoms with Crippen LogP contribution in [0.15, 0.2) is 51.7 Å². The number of fused-ring (bicyclic) bond motifs is 2. The lowest BCUT2D eigenvalue weighted by molar-refractivity contribution is -0.274. The van der Waals surface area contributed by atoms with Crippen molar-refractivity contribution < 1.29 is 27.1 Å². The van der Waals surface area contributed by atoms with Crippen LogP contribution in [0.3, 0.4) is 0 Å². The molecule has 1 amide bonds. The molecule has 0 aliphatic carbocycles. The van der Waals surface area contributed by atoms with E-state index in [0.717, 1.165) is 12.1 Å². The molecule has 5 nitrogen and oxygen atoms in total. The Labute approximate surface area is 160 Å². The summed E-state index contributed by atoms with van der Waals surface area (Å²) in [6.45, 7) is 0.109. The molecule has 28 heavy (non-hydrogen) atoms. The second-order valence-electron chi connectivity index (χ2n) is 6.11. The van der Waals surface area contributed by atoms with Crippen molar-refractivity contribution in [2.75, 3.05) is 11.4 Å². The number of para-hydroxylation sites is 1. The van der Waals surface area contributed by atoms with Gasteiger partial charge in [0.2, 0.25) is 0 Å². The Morgan fingerprint density at radius 3 is 2.61 bits per heavy atom. The monoisotopic (exact) mass is 409 g/mol. The molecule has 144 valence electrons. The highest BCUT2D eigenvalue weighted by Gasteiger charge is 2.33. The van der Waals surface area contributed by atoms with E-state index in [1.165, 1.54) is 23.1 Å². The van der Waals surface area contributed by atoms with Gasteiger partial charge in [0.05, 0.1) is 16.0 Å². The number of alkyl halides is 3. The van der Waals surface area contributed by atoms with Crippen molar-refractivity contribution in [1.29, 1.82) is 0 Å². The Balaban J connectivity index is 1.77. The zero-order valence-electron chi connectivity index (χ0n) is 14.0. The van der Waals surface area contributed by atoms with Crippen molar-refractivity contribution in [2.24, 2.45) is 0 Å². The Morgan fingerprint density at radius 2 is 1.86 bits per heavy atom. The SMILES string of the molecule is O=C1c2oc3c(Cl)cccc3c(=O)c2CCN1c1cccc(OC(F)(F)F)c1. The molecule has 2 aromatic carbocycles. The van der Waals surface area contributed by atoms with Crippen molar-refractivity contribution in [3.05, 3.63) is 69.0 Å². The number of carbonyl (C=O) groups is 1. The molecule has 0 unspecified atom stereocenters. The summed E-state index contributed by atoms with van der Waals surface area (Å²) in [5, 5.41) is 0.455. The molecular formula is C19H11ClF3NO4. The average Bonchev–Trinajstić information content (AvgIpc) is 2.62. The van der Waals surface area contributed by atoms with Crippen LogP contribution in [-0.2, 0) is 6.42 Å². The first-order chi connectivity index (χ1) is 13.2. The van der Waals surface area contributed by atoms with E-state index in [9.17, 15) is 22.8 Å². The summed E-state index contributed by atoms with van der Waals surface area (Å²) in [6, 6.07) is 9.74. The van der Waals surface area contributed by atoms with Crippen LogP contribution in [0.5, 0.6) is 5.75 Å². The molecule has 0 N–H and O–H groups in total. The molecule has 0 spiro atoms. The molecule has 4 rings (SSSR count). The first-order valence-corrected chi connectivity index (χ1v) is 8.54. The standard InChI is InChI=1S/C19H11ClF3NO4/c20-14-6-2-5-12-15(25)13-7-8-24(18(26)17(13)27-16(12)14)10-3-1-4-11(9-10)28-19(21,22)23/h1-6,9H,7-8H2. The number of amides is 1. The Bertz CT molecular complexity index is 1160. The van der Waals surface area contributed by atoms with Gasteiger partial charge < -0.3 is 14.1 Å². The van der Waals surface area contributed by atoms with Crippen molar-refractivity contribution in [3.8, 4) is 5.75 Å². The van der Waals surface area contributed by atoms with Crippen LogP contribution in [0.25, 0.3) is 11.0 Å². The lowest BCUT2D eigenvalue weighted by Gasteiger charge is -2.27. The molecule has 0 saturated heterocycles. The molecule has 1 aliphatic rings. The third-order valence-corrected chi connectivity index (χ3v) is 4.65. The number of carbonyl (C=O) groups excluding carboxylic acids is 1. The van der Waals surface area contributed by atoms with E-state index in [4.69, 9.17) is 16.0 Å². The molecule has 1 aromatic heterocycles. The molecule has 1 aliphatic heterocycles. The summed E-state index contributed by atoms with van der Waals surface area (Å²) in [7, 11) is 0. The van der Waals surface area contributed by atoms with Gasteiger partial charge in [0.15, 0.2) is 16.8 Å². The third kappa shape index (κ3) is 3.20. The zero-order valence-corrected chi connectivity index (χ0v) is 14.8. The van der Waals surface area contributed by atoms with Crippen LogP contribution < -0.4 is 15.1 Å². The smallest absolute Gasteiger partial charge is 0.449 e. The number of hydrogen-bond donors (Lipinski definition) is 0. The van der Waals surface area contributed by atoms with Crippen molar-refractivity contribution in [3.63, 3.8) is 0 Å². The van der Waals surface area contributed by atoms with Gasteiger partial charge in [-0.3, -0.25) is 9.59 Å². The van der Waals surface area contributed by atoms with Gasteiger partial charge in [0.1, 0.15) is 5.75 Å². The van der Waals surface area contributed by atoms with Gasteiger partial charge in [-0.05, 0) is 30.7 Å². The van der Waals surface area contributed by atoms with Crippen LogP contribution in [0.1, 0.15) is 16.1 Å². The van der Waals surface area contributed by atoms with E-state index >= 15 is 0 Å². The summed E-state index contributed by atoms with van der Waals surface area (Å²) in [5.41, 5.74) is 0.163. The van der Waals surface area contributed by atoms with Gasteiger partial charge in [0, 0.05) is 18.3 Å². The number of nitrogens with zero attached hydrogens (tertiary/aromatic N) is 1. The van der Waals surface area contributed by atoms with Gasteiger partial charge >= 0.3 is 6.36 Å². The van der Waals surface area contributed by atoms with E-state index < -0.39 is 18.0 Å². The first-order valence-electron chi connectivity index (χ1n) is 8.16. The van der Waals surface area contributed by atoms with Gasteiger partial charge in [-0.1, -0.05) is 23.7 Å². The molecule has 0 atom stereocenters. The minimum absolute atomic E-state index is 0.0947. The normalized spacial score (nSPS) is 14.3. The molecule has 0 fully saturated rings. The van der Waals surface area contributed by atoms with Crippen LogP contribution in [0.2, 0.25) is 5.02 Å². The van der Waals surface area contributed by atoms with Crippen molar-refractivity contribution >= 4 is 34.2 Å². The maximum Gasteiger partial charge on any atom is 0.573 e. The van der Waals surface area contributed by atoms with E-state index in [-0.39, 0.29) is 51.4 Å². The number of rotatable bonds is 2. The number of hydrogen-bond acceptors (Lipinski definition) is 4. The fourth-order valence-corrected chi connectivity index (χ4v) is 3.38. The molecule has 2 heterocycles. The van der Waals surface area contributed by atoms with E-state index in [2.05, 4.69) is 4.74 Å². The summed E-state index contributed by atoms with van der Waals surface area (Å²) in [5.74, 6) is -1.25. The lowest BCUT2D eigenvalue weighted by atomic mass is 10.0. The third-order valence-electron chi connectivity index (χ3n) is 4.35. The predicted molar refractivity (Wildman–Crippen MR) is 96.0 cm³/mol. The van der Waals surface area contributed by atoms with Crippen LogP contribution in [-0.4, -0.2) is 18.8 Å². The lowest BCUT2D eigenvalue weighted by Crippen LogP contribution is -2.40. The highest BCUT2D eigenvalue weighted by molar-refractivity contribution is 6.34. The van der Waals surface area contributed by atoms with Gasteiger partial charge in [0.25, 0.3) is 5.91 Å². The largest absolute Gasteiger partial charge is 0.573 e. The van der Waals surface area contributed by atoms with Crippen LogP contribution in [0, 0.1) is 0 Å². The zero-order chi connectivity index (χ0) is 20.1. The molecule has 9 heteroatoms. The highest BCUT2D eigenvalue weighted by Crippen LogP contribution is 2.31. The predicted octanol–water partition coefficient (Wildman–Crippen LogP) is 4.55. The average molecular weight is 410 g/mol. The topological polar surface area (TPSA) is 59.8 Å². The number of benzene rings is 2.